The quantitative estimate of drug-likeness (QED) is 0.861. The van der Waals surface area contributed by atoms with Crippen LogP contribution < -0.4 is 14.8 Å². The highest BCUT2D eigenvalue weighted by atomic mass is 16.7. The summed E-state index contributed by atoms with van der Waals surface area (Å²) in [6, 6.07) is 16.5. The molecule has 0 spiro atoms. The molecule has 2 atom stereocenters. The monoisotopic (exact) mass is 299 g/mol. The number of hydrogen-bond acceptors (Lipinski definition) is 4. The lowest BCUT2D eigenvalue weighted by molar-refractivity contribution is 0.174. The van der Waals surface area contributed by atoms with Crippen LogP contribution in [-0.2, 0) is 6.42 Å². The summed E-state index contributed by atoms with van der Waals surface area (Å²) in [5.74, 6) is 1.58. The predicted molar refractivity (Wildman–Crippen MR) is 85.1 cm³/mol. The molecule has 2 aromatic rings. The number of ether oxygens (including phenoxy) is 2. The number of rotatable bonds is 6. The van der Waals surface area contributed by atoms with Gasteiger partial charge in [-0.25, -0.2) is 0 Å². The molecule has 0 bridgehead atoms. The average Bonchev–Trinajstić information content (AvgIpc) is 2.99. The van der Waals surface area contributed by atoms with Crippen LogP contribution in [-0.4, -0.2) is 24.5 Å². The lowest BCUT2D eigenvalue weighted by atomic mass is 9.98. The molecule has 4 heteroatoms. The van der Waals surface area contributed by atoms with Crippen molar-refractivity contribution in [1.82, 2.24) is 5.32 Å². The molecule has 22 heavy (non-hydrogen) atoms. The minimum absolute atomic E-state index is 0.117. The van der Waals surface area contributed by atoms with Gasteiger partial charge in [0.2, 0.25) is 6.79 Å². The fourth-order valence-corrected chi connectivity index (χ4v) is 2.60. The van der Waals surface area contributed by atoms with Gasteiger partial charge in [-0.1, -0.05) is 36.4 Å². The molecule has 1 aliphatic heterocycles. The highest BCUT2D eigenvalue weighted by molar-refractivity contribution is 5.45. The number of aliphatic hydroxyl groups excluding tert-OH is 1. The predicted octanol–water partition coefficient (Wildman–Crippen LogP) is 2.67. The zero-order chi connectivity index (χ0) is 15.4. The molecular formula is C18H21NO3. The molecule has 116 valence electrons. The number of fused-ring (bicyclic) bond motifs is 1. The van der Waals surface area contributed by atoms with Gasteiger partial charge >= 0.3 is 0 Å². The molecule has 1 heterocycles. The third-order valence-electron chi connectivity index (χ3n) is 3.74. The summed E-state index contributed by atoms with van der Waals surface area (Å²) in [4.78, 5) is 0. The highest BCUT2D eigenvalue weighted by Crippen LogP contribution is 2.34. The van der Waals surface area contributed by atoms with E-state index in [1.807, 2.05) is 30.3 Å². The number of aliphatic hydroxyl groups is 1. The van der Waals surface area contributed by atoms with Crippen molar-refractivity contribution in [3.05, 3.63) is 59.7 Å². The lowest BCUT2D eigenvalue weighted by Gasteiger charge is -2.21. The van der Waals surface area contributed by atoms with Crippen LogP contribution >= 0.6 is 0 Å². The topological polar surface area (TPSA) is 50.7 Å². The molecule has 0 radical (unpaired) electrons. The van der Waals surface area contributed by atoms with Gasteiger partial charge in [0.15, 0.2) is 11.5 Å². The second kappa shape index (κ2) is 6.81. The Bertz CT molecular complexity index is 613. The van der Waals surface area contributed by atoms with E-state index in [-0.39, 0.29) is 18.9 Å². The zero-order valence-electron chi connectivity index (χ0n) is 12.7. The molecular weight excluding hydrogens is 278 g/mol. The smallest absolute Gasteiger partial charge is 0.231 e. The maximum atomic E-state index is 9.56. The Labute approximate surface area is 130 Å². The van der Waals surface area contributed by atoms with Gasteiger partial charge in [-0.15, -0.1) is 0 Å². The van der Waals surface area contributed by atoms with Gasteiger partial charge in [-0.05, 0) is 36.6 Å². The second-order valence-corrected chi connectivity index (χ2v) is 5.61. The van der Waals surface area contributed by atoms with Crippen LogP contribution in [0.25, 0.3) is 0 Å². The van der Waals surface area contributed by atoms with E-state index in [0.29, 0.717) is 6.54 Å². The van der Waals surface area contributed by atoms with Crippen molar-refractivity contribution in [2.75, 3.05) is 13.3 Å². The van der Waals surface area contributed by atoms with Crippen LogP contribution in [0, 0.1) is 0 Å². The summed E-state index contributed by atoms with van der Waals surface area (Å²) in [7, 11) is 0. The Morgan fingerprint density at radius 2 is 1.86 bits per heavy atom. The Balaban J connectivity index is 1.81. The van der Waals surface area contributed by atoms with Gasteiger partial charge in [0.1, 0.15) is 0 Å². The minimum Gasteiger partial charge on any atom is -0.454 e. The minimum atomic E-state index is -0.382. The summed E-state index contributed by atoms with van der Waals surface area (Å²) in [6.07, 6.45) is 0.472. The van der Waals surface area contributed by atoms with Gasteiger partial charge in [-0.3, -0.25) is 0 Å². The molecule has 2 aromatic carbocycles. The summed E-state index contributed by atoms with van der Waals surface area (Å²) < 4.78 is 10.8. The molecule has 2 N–H and O–H groups in total. The van der Waals surface area contributed by atoms with Crippen LogP contribution in [0.15, 0.2) is 48.5 Å². The van der Waals surface area contributed by atoms with Crippen molar-refractivity contribution >= 4 is 0 Å². The Morgan fingerprint density at radius 1 is 1.09 bits per heavy atom. The van der Waals surface area contributed by atoms with Crippen LogP contribution in [0.1, 0.15) is 24.1 Å². The van der Waals surface area contributed by atoms with E-state index in [1.54, 1.807) is 6.92 Å². The van der Waals surface area contributed by atoms with E-state index >= 15 is 0 Å². The molecule has 0 aliphatic carbocycles. The Kier molecular flexibility index (Phi) is 4.61. The van der Waals surface area contributed by atoms with Crippen LogP contribution in [0.4, 0.5) is 0 Å². The summed E-state index contributed by atoms with van der Waals surface area (Å²) >= 11 is 0. The molecule has 0 amide bonds. The van der Waals surface area contributed by atoms with Crippen molar-refractivity contribution in [2.24, 2.45) is 0 Å². The zero-order valence-corrected chi connectivity index (χ0v) is 12.7. The summed E-state index contributed by atoms with van der Waals surface area (Å²) in [6.45, 7) is 2.61. The van der Waals surface area contributed by atoms with Crippen molar-refractivity contribution in [3.8, 4) is 11.5 Å². The number of hydrogen-bond donors (Lipinski definition) is 2. The van der Waals surface area contributed by atoms with E-state index in [4.69, 9.17) is 9.47 Å². The first kappa shape index (κ1) is 14.9. The van der Waals surface area contributed by atoms with Crippen molar-refractivity contribution in [2.45, 2.75) is 25.5 Å². The first-order chi connectivity index (χ1) is 10.7. The molecule has 1 aliphatic rings. The number of nitrogens with one attached hydrogen (secondary N) is 1. The molecule has 0 saturated carbocycles. The largest absolute Gasteiger partial charge is 0.454 e. The first-order valence-electron chi connectivity index (χ1n) is 7.57. The van der Waals surface area contributed by atoms with E-state index in [9.17, 15) is 5.11 Å². The van der Waals surface area contributed by atoms with Gasteiger partial charge in [0.25, 0.3) is 0 Å². The van der Waals surface area contributed by atoms with E-state index in [2.05, 4.69) is 23.5 Å². The standard InChI is InChI=1S/C18H21NO3/c1-13(20)11-19-16(9-14-5-3-2-4-6-14)15-7-8-17-18(10-15)22-12-21-17/h2-8,10,13,16,19-20H,9,11-12H2,1H3/t13-,16-/m0/s1. The summed E-state index contributed by atoms with van der Waals surface area (Å²) in [5, 5.41) is 13.0. The van der Waals surface area contributed by atoms with Gasteiger partial charge in [0.05, 0.1) is 6.10 Å². The number of benzene rings is 2. The molecule has 0 fully saturated rings. The third-order valence-corrected chi connectivity index (χ3v) is 3.74. The van der Waals surface area contributed by atoms with Crippen molar-refractivity contribution < 1.29 is 14.6 Å². The summed E-state index contributed by atoms with van der Waals surface area (Å²) in [5.41, 5.74) is 2.39. The van der Waals surface area contributed by atoms with Crippen LogP contribution in [0.5, 0.6) is 11.5 Å². The van der Waals surface area contributed by atoms with Gasteiger partial charge < -0.3 is 19.9 Å². The van der Waals surface area contributed by atoms with E-state index in [0.717, 1.165) is 23.5 Å². The average molecular weight is 299 g/mol. The molecule has 0 aromatic heterocycles. The molecule has 4 nitrogen and oxygen atoms in total. The maximum absolute atomic E-state index is 9.56. The van der Waals surface area contributed by atoms with Gasteiger partial charge in [-0.2, -0.15) is 0 Å². The van der Waals surface area contributed by atoms with Crippen LogP contribution in [0.3, 0.4) is 0 Å². The van der Waals surface area contributed by atoms with Crippen molar-refractivity contribution in [1.29, 1.82) is 0 Å². The lowest BCUT2D eigenvalue weighted by Crippen LogP contribution is -2.30. The van der Waals surface area contributed by atoms with Crippen LogP contribution in [0.2, 0.25) is 0 Å². The van der Waals surface area contributed by atoms with Crippen molar-refractivity contribution in [3.63, 3.8) is 0 Å². The molecule has 3 rings (SSSR count). The Morgan fingerprint density at radius 3 is 2.64 bits per heavy atom. The maximum Gasteiger partial charge on any atom is 0.231 e. The first-order valence-corrected chi connectivity index (χ1v) is 7.57. The Hall–Kier alpha value is -2.04. The van der Waals surface area contributed by atoms with Gasteiger partial charge in [0, 0.05) is 12.6 Å². The normalized spacial score (nSPS) is 15.5. The fraction of sp³-hybridized carbons (Fsp3) is 0.333. The van der Waals surface area contributed by atoms with E-state index < -0.39 is 0 Å². The molecule has 0 unspecified atom stereocenters. The fourth-order valence-electron chi connectivity index (χ4n) is 2.60. The third kappa shape index (κ3) is 3.59. The highest BCUT2D eigenvalue weighted by Gasteiger charge is 2.18. The molecule has 0 saturated heterocycles. The second-order valence-electron chi connectivity index (χ2n) is 5.61. The van der Waals surface area contributed by atoms with E-state index in [1.165, 1.54) is 5.56 Å². The SMILES string of the molecule is C[C@H](O)CN[C@@H](Cc1ccccc1)c1ccc2c(c1)OCO2.